The van der Waals surface area contributed by atoms with Crippen LogP contribution >= 0.6 is 0 Å². The molecule has 0 radical (unpaired) electrons. The summed E-state index contributed by atoms with van der Waals surface area (Å²) in [6.45, 7) is 3.59. The smallest absolute Gasteiger partial charge is 0.325 e. The summed E-state index contributed by atoms with van der Waals surface area (Å²) in [4.78, 5) is 21.1. The average molecular weight is 236 g/mol. The second-order valence-electron chi connectivity index (χ2n) is 4.16. The fourth-order valence-corrected chi connectivity index (χ4v) is 1.83. The molecule has 0 spiro atoms. The average Bonchev–Trinajstić information content (AvgIpc) is 2.82. The number of aliphatic carboxylic acids is 1. The van der Waals surface area contributed by atoms with Gasteiger partial charge in [-0.1, -0.05) is 0 Å². The van der Waals surface area contributed by atoms with E-state index in [2.05, 4.69) is 20.2 Å². The van der Waals surface area contributed by atoms with Crippen molar-refractivity contribution in [1.82, 2.24) is 9.97 Å². The molecule has 1 saturated heterocycles. The minimum Gasteiger partial charge on any atom is -0.480 e. The first-order valence-electron chi connectivity index (χ1n) is 5.73. The maximum absolute atomic E-state index is 10.7. The van der Waals surface area contributed by atoms with Crippen LogP contribution in [0.5, 0.6) is 0 Å². The summed E-state index contributed by atoms with van der Waals surface area (Å²) in [7, 11) is 0. The summed E-state index contributed by atoms with van der Waals surface area (Å²) in [5.41, 5.74) is 0. The van der Waals surface area contributed by atoms with Crippen molar-refractivity contribution in [3.63, 3.8) is 0 Å². The number of rotatable bonds is 4. The van der Waals surface area contributed by atoms with Crippen molar-refractivity contribution in [2.24, 2.45) is 0 Å². The molecule has 0 aliphatic carbocycles. The van der Waals surface area contributed by atoms with E-state index in [-0.39, 0.29) is 0 Å². The van der Waals surface area contributed by atoms with Gasteiger partial charge in [-0.3, -0.25) is 4.79 Å². The minimum atomic E-state index is -0.897. The number of carboxylic acids is 1. The number of carboxylic acid groups (broad SMARTS) is 1. The molecule has 1 aliphatic heterocycles. The predicted molar refractivity (Wildman–Crippen MR) is 64.2 cm³/mol. The van der Waals surface area contributed by atoms with E-state index in [9.17, 15) is 4.79 Å². The van der Waals surface area contributed by atoms with Gasteiger partial charge in [-0.15, -0.1) is 0 Å². The van der Waals surface area contributed by atoms with Gasteiger partial charge in [0.05, 0.1) is 0 Å². The van der Waals surface area contributed by atoms with Crippen LogP contribution in [-0.2, 0) is 4.79 Å². The molecule has 1 fully saturated rings. The van der Waals surface area contributed by atoms with Crippen LogP contribution in [0.2, 0.25) is 0 Å². The van der Waals surface area contributed by atoms with Gasteiger partial charge in [-0.25, -0.2) is 9.97 Å². The Bertz CT molecular complexity index is 404. The molecule has 2 heterocycles. The van der Waals surface area contributed by atoms with Gasteiger partial charge in [0.15, 0.2) is 0 Å². The lowest BCUT2D eigenvalue weighted by atomic mass is 10.3. The molecule has 0 bridgehead atoms. The SMILES string of the molecule is C[C@@H](Nc1cc(N2CCCC2)ncn1)C(=O)O. The molecule has 0 unspecified atom stereocenters. The zero-order valence-corrected chi connectivity index (χ0v) is 9.76. The van der Waals surface area contributed by atoms with Gasteiger partial charge in [0.2, 0.25) is 0 Å². The standard InChI is InChI=1S/C11H16N4O2/c1-8(11(16)17)14-9-6-10(13-7-12-9)15-4-2-3-5-15/h6-8H,2-5H2,1H3,(H,16,17)(H,12,13,14)/t8-/m1/s1. The quantitative estimate of drug-likeness (QED) is 0.810. The molecular weight excluding hydrogens is 220 g/mol. The molecule has 6 nitrogen and oxygen atoms in total. The molecule has 0 aromatic carbocycles. The normalized spacial score (nSPS) is 16.9. The molecule has 17 heavy (non-hydrogen) atoms. The Balaban J connectivity index is 2.08. The van der Waals surface area contributed by atoms with Crippen molar-refractivity contribution < 1.29 is 9.90 Å². The molecular formula is C11H16N4O2. The largest absolute Gasteiger partial charge is 0.480 e. The van der Waals surface area contributed by atoms with E-state index in [4.69, 9.17) is 5.11 Å². The van der Waals surface area contributed by atoms with Gasteiger partial charge in [0, 0.05) is 19.2 Å². The second-order valence-corrected chi connectivity index (χ2v) is 4.16. The summed E-state index contributed by atoms with van der Waals surface area (Å²) in [6, 6.07) is 1.14. The van der Waals surface area contributed by atoms with Crippen molar-refractivity contribution in [2.75, 3.05) is 23.3 Å². The van der Waals surface area contributed by atoms with E-state index >= 15 is 0 Å². The van der Waals surface area contributed by atoms with Crippen LogP contribution in [0, 0.1) is 0 Å². The van der Waals surface area contributed by atoms with E-state index in [1.54, 1.807) is 13.0 Å². The van der Waals surface area contributed by atoms with Crippen LogP contribution in [-0.4, -0.2) is 40.2 Å². The first kappa shape index (κ1) is 11.6. The highest BCUT2D eigenvalue weighted by atomic mass is 16.4. The van der Waals surface area contributed by atoms with Crippen LogP contribution in [0.1, 0.15) is 19.8 Å². The molecule has 2 N–H and O–H groups in total. The molecule has 1 aromatic heterocycles. The summed E-state index contributed by atoms with van der Waals surface area (Å²) >= 11 is 0. The van der Waals surface area contributed by atoms with Crippen molar-refractivity contribution >= 4 is 17.6 Å². The van der Waals surface area contributed by atoms with E-state index in [1.165, 1.54) is 19.2 Å². The van der Waals surface area contributed by atoms with Crippen LogP contribution < -0.4 is 10.2 Å². The van der Waals surface area contributed by atoms with E-state index in [1.807, 2.05) is 0 Å². The molecule has 1 aliphatic rings. The third-order valence-electron chi connectivity index (χ3n) is 2.82. The van der Waals surface area contributed by atoms with Crippen molar-refractivity contribution in [1.29, 1.82) is 0 Å². The number of hydrogen-bond acceptors (Lipinski definition) is 5. The van der Waals surface area contributed by atoms with Gasteiger partial charge in [0.1, 0.15) is 24.0 Å². The highest BCUT2D eigenvalue weighted by Crippen LogP contribution is 2.19. The molecule has 6 heteroatoms. The van der Waals surface area contributed by atoms with Gasteiger partial charge < -0.3 is 15.3 Å². The maximum Gasteiger partial charge on any atom is 0.325 e. The summed E-state index contributed by atoms with van der Waals surface area (Å²) in [6.07, 6.45) is 3.82. The zero-order valence-electron chi connectivity index (χ0n) is 9.76. The van der Waals surface area contributed by atoms with Crippen molar-refractivity contribution in [3.8, 4) is 0 Å². The molecule has 2 rings (SSSR count). The molecule has 0 amide bonds. The highest BCUT2D eigenvalue weighted by molar-refractivity contribution is 5.76. The lowest BCUT2D eigenvalue weighted by Crippen LogP contribution is -2.26. The second kappa shape index (κ2) is 4.99. The van der Waals surface area contributed by atoms with Crippen molar-refractivity contribution in [2.45, 2.75) is 25.8 Å². The fraction of sp³-hybridized carbons (Fsp3) is 0.545. The minimum absolute atomic E-state index is 0.553. The Morgan fingerprint density at radius 3 is 2.82 bits per heavy atom. The van der Waals surface area contributed by atoms with E-state index in [0.717, 1.165) is 18.9 Å². The van der Waals surface area contributed by atoms with Crippen LogP contribution in [0.25, 0.3) is 0 Å². The predicted octanol–water partition coefficient (Wildman–Crippen LogP) is 0.962. The monoisotopic (exact) mass is 236 g/mol. The van der Waals surface area contributed by atoms with Crippen molar-refractivity contribution in [3.05, 3.63) is 12.4 Å². The van der Waals surface area contributed by atoms with Gasteiger partial charge >= 0.3 is 5.97 Å². The number of hydrogen-bond donors (Lipinski definition) is 2. The number of nitrogens with zero attached hydrogens (tertiary/aromatic N) is 3. The lowest BCUT2D eigenvalue weighted by Gasteiger charge is -2.17. The molecule has 92 valence electrons. The Kier molecular flexibility index (Phi) is 3.41. The van der Waals surface area contributed by atoms with Gasteiger partial charge in [-0.05, 0) is 19.8 Å². The third-order valence-corrected chi connectivity index (χ3v) is 2.82. The Hall–Kier alpha value is -1.85. The van der Waals surface area contributed by atoms with Gasteiger partial charge in [-0.2, -0.15) is 0 Å². The summed E-state index contributed by atoms with van der Waals surface area (Å²) in [5.74, 6) is 0.515. The van der Waals surface area contributed by atoms with Crippen LogP contribution in [0.3, 0.4) is 0 Å². The first-order valence-corrected chi connectivity index (χ1v) is 5.73. The number of carbonyl (C=O) groups is 1. The number of anilines is 2. The molecule has 1 atom stereocenters. The Morgan fingerprint density at radius 1 is 1.47 bits per heavy atom. The summed E-state index contributed by atoms with van der Waals surface area (Å²) in [5, 5.41) is 11.6. The lowest BCUT2D eigenvalue weighted by molar-refractivity contribution is -0.137. The van der Waals surface area contributed by atoms with E-state index in [0.29, 0.717) is 5.82 Å². The highest BCUT2D eigenvalue weighted by Gasteiger charge is 2.15. The first-order chi connectivity index (χ1) is 8.16. The number of aromatic nitrogens is 2. The third kappa shape index (κ3) is 2.83. The summed E-state index contributed by atoms with van der Waals surface area (Å²) < 4.78 is 0. The maximum atomic E-state index is 10.7. The Morgan fingerprint density at radius 2 is 2.18 bits per heavy atom. The van der Waals surface area contributed by atoms with E-state index < -0.39 is 12.0 Å². The zero-order chi connectivity index (χ0) is 12.3. The van der Waals surface area contributed by atoms with Crippen LogP contribution in [0.15, 0.2) is 12.4 Å². The Labute approximate surface area is 99.7 Å². The molecule has 0 saturated carbocycles. The molecule has 1 aromatic rings. The number of nitrogens with one attached hydrogen (secondary N) is 1. The van der Waals surface area contributed by atoms with Crippen LogP contribution in [0.4, 0.5) is 11.6 Å². The fourth-order valence-electron chi connectivity index (χ4n) is 1.83. The topological polar surface area (TPSA) is 78.3 Å². The van der Waals surface area contributed by atoms with Gasteiger partial charge in [0.25, 0.3) is 0 Å².